The largest absolute Gasteiger partial charge is 0.504 e. The molecule has 3 heteroatoms. The standard InChI is InChI=1S/C11H14O2S/c1-14-9-4-5-10(12)11(6-9)13-7-8-2-3-8/h4-6,8,12H,2-3,7H2,1H3. The monoisotopic (exact) mass is 210 g/mol. The molecule has 1 aliphatic rings. The van der Waals surface area contributed by atoms with Gasteiger partial charge in [-0.2, -0.15) is 0 Å². The molecule has 0 spiro atoms. The van der Waals surface area contributed by atoms with Crippen molar-refractivity contribution in [2.75, 3.05) is 12.9 Å². The van der Waals surface area contributed by atoms with Gasteiger partial charge in [0, 0.05) is 4.90 Å². The quantitative estimate of drug-likeness (QED) is 0.775. The number of rotatable bonds is 4. The second kappa shape index (κ2) is 4.13. The number of thioether (sulfide) groups is 1. The average Bonchev–Trinajstić information content (AvgIpc) is 3.00. The lowest BCUT2D eigenvalue weighted by Gasteiger charge is -2.08. The van der Waals surface area contributed by atoms with Crippen molar-refractivity contribution >= 4 is 11.8 Å². The molecule has 76 valence electrons. The van der Waals surface area contributed by atoms with E-state index in [4.69, 9.17) is 4.74 Å². The van der Waals surface area contributed by atoms with Crippen LogP contribution in [0.1, 0.15) is 12.8 Å². The predicted molar refractivity (Wildman–Crippen MR) is 58.1 cm³/mol. The Labute approximate surface area is 88.3 Å². The number of hydrogen-bond acceptors (Lipinski definition) is 3. The number of phenols is 1. The summed E-state index contributed by atoms with van der Waals surface area (Å²) in [5.41, 5.74) is 0. The number of aromatic hydroxyl groups is 1. The predicted octanol–water partition coefficient (Wildman–Crippen LogP) is 2.90. The normalized spacial score (nSPS) is 15.5. The van der Waals surface area contributed by atoms with Gasteiger partial charge in [-0.25, -0.2) is 0 Å². The van der Waals surface area contributed by atoms with Crippen molar-refractivity contribution in [1.82, 2.24) is 0 Å². The molecule has 2 rings (SSSR count). The van der Waals surface area contributed by atoms with Gasteiger partial charge in [0.15, 0.2) is 11.5 Å². The highest BCUT2D eigenvalue weighted by Gasteiger charge is 2.22. The van der Waals surface area contributed by atoms with Crippen molar-refractivity contribution in [3.05, 3.63) is 18.2 Å². The zero-order valence-electron chi connectivity index (χ0n) is 8.19. The Hall–Kier alpha value is -0.830. The number of ether oxygens (including phenoxy) is 1. The summed E-state index contributed by atoms with van der Waals surface area (Å²) in [7, 11) is 0. The molecular formula is C11H14O2S. The summed E-state index contributed by atoms with van der Waals surface area (Å²) in [5.74, 6) is 1.57. The first-order valence-electron chi connectivity index (χ1n) is 4.79. The van der Waals surface area contributed by atoms with E-state index >= 15 is 0 Å². The van der Waals surface area contributed by atoms with E-state index in [9.17, 15) is 5.11 Å². The lowest BCUT2D eigenvalue weighted by Crippen LogP contribution is -1.99. The van der Waals surface area contributed by atoms with Crippen molar-refractivity contribution in [2.24, 2.45) is 5.92 Å². The van der Waals surface area contributed by atoms with Crippen LogP contribution in [0, 0.1) is 5.92 Å². The van der Waals surface area contributed by atoms with Crippen LogP contribution in [0.15, 0.2) is 23.1 Å². The van der Waals surface area contributed by atoms with Gasteiger partial charge in [0.25, 0.3) is 0 Å². The van der Waals surface area contributed by atoms with E-state index < -0.39 is 0 Å². The van der Waals surface area contributed by atoms with Crippen LogP contribution in [0.3, 0.4) is 0 Å². The van der Waals surface area contributed by atoms with Gasteiger partial charge in [-0.1, -0.05) is 0 Å². The van der Waals surface area contributed by atoms with Crippen molar-refractivity contribution in [2.45, 2.75) is 17.7 Å². The average molecular weight is 210 g/mol. The molecule has 0 saturated heterocycles. The zero-order valence-corrected chi connectivity index (χ0v) is 9.01. The smallest absolute Gasteiger partial charge is 0.162 e. The van der Waals surface area contributed by atoms with E-state index in [1.54, 1.807) is 17.8 Å². The van der Waals surface area contributed by atoms with Crippen LogP contribution >= 0.6 is 11.8 Å². The van der Waals surface area contributed by atoms with Crippen molar-refractivity contribution in [1.29, 1.82) is 0 Å². The van der Waals surface area contributed by atoms with E-state index in [2.05, 4.69) is 0 Å². The molecule has 0 radical (unpaired) electrons. The lowest BCUT2D eigenvalue weighted by molar-refractivity contribution is 0.283. The molecule has 1 aliphatic carbocycles. The summed E-state index contributed by atoms with van der Waals surface area (Å²) in [6, 6.07) is 5.47. The molecule has 1 aromatic carbocycles. The van der Waals surface area contributed by atoms with Crippen LogP contribution < -0.4 is 4.74 Å². The molecule has 0 bridgehead atoms. The zero-order chi connectivity index (χ0) is 9.97. The third-order valence-electron chi connectivity index (χ3n) is 2.34. The Kier molecular flexibility index (Phi) is 2.87. The molecule has 14 heavy (non-hydrogen) atoms. The molecule has 1 fully saturated rings. The highest BCUT2D eigenvalue weighted by molar-refractivity contribution is 7.98. The molecule has 0 unspecified atom stereocenters. The molecule has 0 aliphatic heterocycles. The number of phenolic OH excluding ortho intramolecular Hbond substituents is 1. The fourth-order valence-corrected chi connectivity index (χ4v) is 1.66. The molecule has 2 nitrogen and oxygen atoms in total. The second-order valence-corrected chi connectivity index (χ2v) is 4.47. The van der Waals surface area contributed by atoms with Gasteiger partial charge in [0.2, 0.25) is 0 Å². The Bertz CT molecular complexity index is 321. The maximum absolute atomic E-state index is 9.53. The second-order valence-electron chi connectivity index (χ2n) is 3.59. The molecule has 1 saturated carbocycles. The Morgan fingerprint density at radius 1 is 1.50 bits per heavy atom. The fourth-order valence-electron chi connectivity index (χ4n) is 1.23. The maximum atomic E-state index is 9.53. The Balaban J connectivity index is 2.04. The highest BCUT2D eigenvalue weighted by Crippen LogP contribution is 2.34. The summed E-state index contributed by atoms with van der Waals surface area (Å²) in [5, 5.41) is 9.53. The first kappa shape index (κ1) is 9.71. The van der Waals surface area contributed by atoms with Gasteiger partial charge in [0.05, 0.1) is 6.61 Å². The third-order valence-corrected chi connectivity index (χ3v) is 3.06. The van der Waals surface area contributed by atoms with E-state index in [1.165, 1.54) is 12.8 Å². The molecule has 0 heterocycles. The minimum atomic E-state index is 0.239. The first-order chi connectivity index (χ1) is 6.79. The topological polar surface area (TPSA) is 29.5 Å². The minimum Gasteiger partial charge on any atom is -0.504 e. The van der Waals surface area contributed by atoms with Crippen LogP contribution in [0.4, 0.5) is 0 Å². The first-order valence-corrected chi connectivity index (χ1v) is 6.02. The molecule has 1 aromatic rings. The van der Waals surface area contributed by atoms with Gasteiger partial charge in [-0.15, -0.1) is 11.8 Å². The van der Waals surface area contributed by atoms with Crippen LogP contribution in [-0.4, -0.2) is 18.0 Å². The molecule has 1 N–H and O–H groups in total. The molecular weight excluding hydrogens is 196 g/mol. The van der Waals surface area contributed by atoms with Crippen molar-refractivity contribution < 1.29 is 9.84 Å². The van der Waals surface area contributed by atoms with Crippen LogP contribution in [0.25, 0.3) is 0 Å². The number of hydrogen-bond donors (Lipinski definition) is 1. The van der Waals surface area contributed by atoms with Gasteiger partial charge in [-0.3, -0.25) is 0 Å². The molecule has 0 atom stereocenters. The Morgan fingerprint density at radius 2 is 2.29 bits per heavy atom. The third kappa shape index (κ3) is 2.35. The number of benzene rings is 1. The Morgan fingerprint density at radius 3 is 2.93 bits per heavy atom. The molecule has 0 amide bonds. The maximum Gasteiger partial charge on any atom is 0.162 e. The summed E-state index contributed by atoms with van der Waals surface area (Å²) in [4.78, 5) is 1.12. The van der Waals surface area contributed by atoms with E-state index in [0.717, 1.165) is 11.5 Å². The van der Waals surface area contributed by atoms with Crippen LogP contribution in [0.2, 0.25) is 0 Å². The summed E-state index contributed by atoms with van der Waals surface area (Å²) < 4.78 is 5.54. The van der Waals surface area contributed by atoms with Gasteiger partial charge >= 0.3 is 0 Å². The van der Waals surface area contributed by atoms with Crippen molar-refractivity contribution in [3.8, 4) is 11.5 Å². The fraction of sp³-hybridized carbons (Fsp3) is 0.455. The van der Waals surface area contributed by atoms with E-state index in [-0.39, 0.29) is 5.75 Å². The minimum absolute atomic E-state index is 0.239. The van der Waals surface area contributed by atoms with E-state index in [0.29, 0.717) is 11.7 Å². The van der Waals surface area contributed by atoms with Gasteiger partial charge in [0.1, 0.15) is 0 Å². The van der Waals surface area contributed by atoms with Crippen LogP contribution in [-0.2, 0) is 0 Å². The van der Waals surface area contributed by atoms with E-state index in [1.807, 2.05) is 18.4 Å². The van der Waals surface area contributed by atoms with Crippen LogP contribution in [0.5, 0.6) is 11.5 Å². The van der Waals surface area contributed by atoms with Gasteiger partial charge in [-0.05, 0) is 43.2 Å². The molecule has 0 aromatic heterocycles. The summed E-state index contributed by atoms with van der Waals surface area (Å²) in [6.45, 7) is 0.741. The summed E-state index contributed by atoms with van der Waals surface area (Å²) in [6.07, 6.45) is 4.54. The van der Waals surface area contributed by atoms with Crippen molar-refractivity contribution in [3.63, 3.8) is 0 Å². The SMILES string of the molecule is CSc1ccc(O)c(OCC2CC2)c1. The summed E-state index contributed by atoms with van der Waals surface area (Å²) >= 11 is 1.65. The highest BCUT2D eigenvalue weighted by atomic mass is 32.2. The lowest BCUT2D eigenvalue weighted by atomic mass is 10.3. The van der Waals surface area contributed by atoms with Gasteiger partial charge < -0.3 is 9.84 Å².